The predicted molar refractivity (Wildman–Crippen MR) is 82.0 cm³/mol. The van der Waals surface area contributed by atoms with Gasteiger partial charge in [0.2, 0.25) is 10.0 Å². The van der Waals surface area contributed by atoms with E-state index >= 15 is 0 Å². The van der Waals surface area contributed by atoms with Crippen LogP contribution in [0.3, 0.4) is 0 Å². The minimum atomic E-state index is -3.58. The van der Waals surface area contributed by atoms with Gasteiger partial charge in [0.05, 0.1) is 11.5 Å². The lowest BCUT2D eigenvalue weighted by Gasteiger charge is -2.41. The van der Waals surface area contributed by atoms with E-state index in [0.29, 0.717) is 10.0 Å². The SMILES string of the molecule is CCC1(NS(=O)(=O)c2cc(CO)cc(C)c2Br)CCC1. The second-order valence-corrected chi connectivity index (χ2v) is 7.92. The molecule has 1 aliphatic rings. The van der Waals surface area contributed by atoms with Gasteiger partial charge < -0.3 is 5.11 Å². The fraction of sp³-hybridized carbons (Fsp3) is 0.571. The number of aliphatic hydroxyl groups is 1. The van der Waals surface area contributed by atoms with Crippen molar-refractivity contribution in [3.63, 3.8) is 0 Å². The van der Waals surface area contributed by atoms with Crippen LogP contribution < -0.4 is 4.72 Å². The average Bonchev–Trinajstić information content (AvgIpc) is 2.36. The molecule has 20 heavy (non-hydrogen) atoms. The van der Waals surface area contributed by atoms with Crippen molar-refractivity contribution >= 4 is 26.0 Å². The summed E-state index contributed by atoms with van der Waals surface area (Å²) in [5.74, 6) is 0. The van der Waals surface area contributed by atoms with E-state index in [1.807, 2.05) is 13.8 Å². The van der Waals surface area contributed by atoms with Crippen LogP contribution in [-0.4, -0.2) is 19.1 Å². The number of hydrogen-bond donors (Lipinski definition) is 2. The fourth-order valence-corrected chi connectivity index (χ4v) is 5.17. The Balaban J connectivity index is 2.41. The number of nitrogens with one attached hydrogen (secondary N) is 1. The molecule has 0 aromatic heterocycles. The number of aliphatic hydroxyl groups excluding tert-OH is 1. The lowest BCUT2D eigenvalue weighted by Crippen LogP contribution is -2.52. The number of benzene rings is 1. The molecule has 0 saturated heterocycles. The summed E-state index contributed by atoms with van der Waals surface area (Å²) < 4.78 is 28.7. The van der Waals surface area contributed by atoms with Crippen molar-refractivity contribution in [1.29, 1.82) is 0 Å². The smallest absolute Gasteiger partial charge is 0.242 e. The highest BCUT2D eigenvalue weighted by atomic mass is 79.9. The lowest BCUT2D eigenvalue weighted by atomic mass is 9.76. The molecule has 1 saturated carbocycles. The first-order valence-electron chi connectivity index (χ1n) is 6.77. The molecule has 4 nitrogen and oxygen atoms in total. The summed E-state index contributed by atoms with van der Waals surface area (Å²) in [6, 6.07) is 3.31. The van der Waals surface area contributed by atoms with Gasteiger partial charge in [0, 0.05) is 10.0 Å². The van der Waals surface area contributed by atoms with Gasteiger partial charge in [0.15, 0.2) is 0 Å². The zero-order valence-corrected chi connectivity index (χ0v) is 14.1. The van der Waals surface area contributed by atoms with Crippen molar-refractivity contribution in [2.24, 2.45) is 0 Å². The Morgan fingerprint density at radius 1 is 1.40 bits per heavy atom. The van der Waals surface area contributed by atoms with Crippen LogP contribution in [-0.2, 0) is 16.6 Å². The Morgan fingerprint density at radius 2 is 2.05 bits per heavy atom. The maximum atomic E-state index is 12.6. The van der Waals surface area contributed by atoms with Gasteiger partial charge in [-0.25, -0.2) is 13.1 Å². The zero-order chi connectivity index (χ0) is 15.0. The molecular weight excluding hydrogens is 342 g/mol. The first-order valence-corrected chi connectivity index (χ1v) is 9.05. The third kappa shape index (κ3) is 2.93. The minimum absolute atomic E-state index is 0.171. The first kappa shape index (κ1) is 15.9. The van der Waals surface area contributed by atoms with Crippen molar-refractivity contribution < 1.29 is 13.5 Å². The molecule has 112 valence electrons. The van der Waals surface area contributed by atoms with E-state index in [9.17, 15) is 13.5 Å². The molecule has 0 bridgehead atoms. The Morgan fingerprint density at radius 3 is 2.50 bits per heavy atom. The van der Waals surface area contributed by atoms with Crippen molar-refractivity contribution in [2.45, 2.75) is 56.6 Å². The summed E-state index contributed by atoms with van der Waals surface area (Å²) in [7, 11) is -3.58. The molecule has 0 heterocycles. The van der Waals surface area contributed by atoms with Gasteiger partial charge in [0.25, 0.3) is 0 Å². The molecule has 6 heteroatoms. The third-order valence-electron chi connectivity index (χ3n) is 4.09. The number of aryl methyl sites for hydroxylation is 1. The Hall–Kier alpha value is -0.430. The summed E-state index contributed by atoms with van der Waals surface area (Å²) in [6.07, 6.45) is 3.63. The Labute approximate surface area is 128 Å². The van der Waals surface area contributed by atoms with Crippen LogP contribution >= 0.6 is 15.9 Å². The van der Waals surface area contributed by atoms with Crippen LogP contribution in [0.15, 0.2) is 21.5 Å². The van der Waals surface area contributed by atoms with Crippen LogP contribution in [0.2, 0.25) is 0 Å². The van der Waals surface area contributed by atoms with E-state index in [1.165, 1.54) is 6.07 Å². The Kier molecular flexibility index (Phi) is 4.59. The summed E-state index contributed by atoms with van der Waals surface area (Å²) in [6.45, 7) is 3.66. The molecule has 2 rings (SSSR count). The normalized spacial score (nSPS) is 17.8. The molecule has 0 spiro atoms. The summed E-state index contributed by atoms with van der Waals surface area (Å²) in [4.78, 5) is 0.210. The van der Waals surface area contributed by atoms with E-state index in [2.05, 4.69) is 20.7 Å². The number of halogens is 1. The zero-order valence-electron chi connectivity index (χ0n) is 11.7. The molecule has 0 amide bonds. The van der Waals surface area contributed by atoms with E-state index in [-0.39, 0.29) is 17.0 Å². The molecular formula is C14H20BrNO3S. The molecule has 2 N–H and O–H groups in total. The third-order valence-corrected chi connectivity index (χ3v) is 7.01. The largest absolute Gasteiger partial charge is 0.392 e. The molecule has 1 aromatic carbocycles. The van der Waals surface area contributed by atoms with Gasteiger partial charge in [-0.05, 0) is 65.7 Å². The summed E-state index contributed by atoms with van der Waals surface area (Å²) in [5, 5.41) is 9.25. The molecule has 0 aliphatic heterocycles. The summed E-state index contributed by atoms with van der Waals surface area (Å²) in [5.41, 5.74) is 1.11. The standard InChI is InChI=1S/C14H20BrNO3S/c1-3-14(5-4-6-14)16-20(18,19)12-8-11(9-17)7-10(2)13(12)15/h7-8,16-17H,3-6,9H2,1-2H3. The van der Waals surface area contributed by atoms with Gasteiger partial charge >= 0.3 is 0 Å². The minimum Gasteiger partial charge on any atom is -0.392 e. The second-order valence-electron chi connectivity index (χ2n) is 5.48. The van der Waals surface area contributed by atoms with E-state index < -0.39 is 10.0 Å². The highest BCUT2D eigenvalue weighted by molar-refractivity contribution is 9.10. The van der Waals surface area contributed by atoms with Gasteiger partial charge in [-0.1, -0.05) is 13.0 Å². The van der Waals surface area contributed by atoms with Crippen molar-refractivity contribution in [3.8, 4) is 0 Å². The topological polar surface area (TPSA) is 66.4 Å². The second kappa shape index (κ2) is 5.75. The molecule has 0 atom stereocenters. The maximum Gasteiger partial charge on any atom is 0.242 e. The van der Waals surface area contributed by atoms with Crippen LogP contribution in [0.5, 0.6) is 0 Å². The highest BCUT2D eigenvalue weighted by Gasteiger charge is 2.39. The monoisotopic (exact) mass is 361 g/mol. The van der Waals surface area contributed by atoms with Gasteiger partial charge in [0.1, 0.15) is 0 Å². The van der Waals surface area contributed by atoms with E-state index in [1.54, 1.807) is 6.07 Å². The van der Waals surface area contributed by atoms with E-state index in [4.69, 9.17) is 0 Å². The van der Waals surface area contributed by atoms with Gasteiger partial charge in [-0.3, -0.25) is 0 Å². The van der Waals surface area contributed by atoms with Crippen LogP contribution in [0, 0.1) is 6.92 Å². The van der Waals surface area contributed by atoms with Crippen LogP contribution in [0.4, 0.5) is 0 Å². The quantitative estimate of drug-likeness (QED) is 0.847. The van der Waals surface area contributed by atoms with Crippen molar-refractivity contribution in [1.82, 2.24) is 4.72 Å². The highest BCUT2D eigenvalue weighted by Crippen LogP contribution is 2.37. The molecule has 1 aromatic rings. The lowest BCUT2D eigenvalue weighted by molar-refractivity contribution is 0.214. The molecule has 0 radical (unpaired) electrons. The molecule has 1 fully saturated rings. The van der Waals surface area contributed by atoms with E-state index in [0.717, 1.165) is 31.2 Å². The molecule has 0 unspecified atom stereocenters. The Bertz CT molecular complexity index is 604. The fourth-order valence-electron chi connectivity index (χ4n) is 2.57. The number of rotatable bonds is 5. The van der Waals surface area contributed by atoms with Gasteiger partial charge in [-0.2, -0.15) is 0 Å². The van der Waals surface area contributed by atoms with Crippen LogP contribution in [0.1, 0.15) is 43.7 Å². The van der Waals surface area contributed by atoms with Crippen LogP contribution in [0.25, 0.3) is 0 Å². The summed E-state index contributed by atoms with van der Waals surface area (Å²) >= 11 is 3.35. The maximum absolute atomic E-state index is 12.6. The van der Waals surface area contributed by atoms with Crippen molar-refractivity contribution in [2.75, 3.05) is 0 Å². The number of hydrogen-bond acceptors (Lipinski definition) is 3. The first-order chi connectivity index (χ1) is 9.33. The predicted octanol–water partition coefficient (Wildman–Crippen LogP) is 2.86. The van der Waals surface area contributed by atoms with Crippen molar-refractivity contribution in [3.05, 3.63) is 27.7 Å². The average molecular weight is 362 g/mol. The molecule has 1 aliphatic carbocycles. The number of sulfonamides is 1. The van der Waals surface area contributed by atoms with Gasteiger partial charge in [-0.15, -0.1) is 0 Å².